The Morgan fingerprint density at radius 3 is 2.59 bits per heavy atom. The number of allylic oxidation sites excluding steroid dienone is 2. The van der Waals surface area contributed by atoms with E-state index in [4.69, 9.17) is 9.84 Å². The molecule has 0 aromatic heterocycles. The van der Waals surface area contributed by atoms with Crippen molar-refractivity contribution in [3.8, 4) is 5.75 Å². The SMILES string of the molecule is CCCCCCCCC(O)/C=C/C=C/c1ccccc1OCCCC(=O)O. The highest BCUT2D eigenvalue weighted by molar-refractivity contribution is 5.66. The molecule has 1 rings (SSSR count). The van der Waals surface area contributed by atoms with E-state index >= 15 is 0 Å². The summed E-state index contributed by atoms with van der Waals surface area (Å²) in [5, 5.41) is 18.7. The van der Waals surface area contributed by atoms with Crippen LogP contribution in [0.3, 0.4) is 0 Å². The van der Waals surface area contributed by atoms with Crippen molar-refractivity contribution in [3.05, 3.63) is 48.1 Å². The second-order valence-corrected chi connectivity index (χ2v) is 6.75. The fraction of sp³-hybridized carbons (Fsp3) is 0.522. The van der Waals surface area contributed by atoms with Gasteiger partial charge in [-0.3, -0.25) is 4.79 Å². The number of hydrogen-bond donors (Lipinski definition) is 2. The first-order valence-corrected chi connectivity index (χ1v) is 10.1. The fourth-order valence-corrected chi connectivity index (χ4v) is 2.74. The molecule has 4 heteroatoms. The molecular formula is C23H34O4. The molecule has 0 fully saturated rings. The summed E-state index contributed by atoms with van der Waals surface area (Å²) >= 11 is 0. The second-order valence-electron chi connectivity index (χ2n) is 6.75. The Labute approximate surface area is 163 Å². The van der Waals surface area contributed by atoms with Crippen LogP contribution in [-0.4, -0.2) is 28.9 Å². The number of aliphatic hydroxyl groups is 1. The zero-order chi connectivity index (χ0) is 19.7. The van der Waals surface area contributed by atoms with E-state index < -0.39 is 12.1 Å². The minimum atomic E-state index is -0.809. The van der Waals surface area contributed by atoms with Gasteiger partial charge in [0.1, 0.15) is 5.75 Å². The lowest BCUT2D eigenvalue weighted by Gasteiger charge is -2.08. The van der Waals surface area contributed by atoms with Crippen molar-refractivity contribution >= 4 is 12.0 Å². The van der Waals surface area contributed by atoms with Crippen LogP contribution >= 0.6 is 0 Å². The standard InChI is InChI=1S/C23H34O4/c1-2-3-4-5-6-7-15-21(24)16-10-8-13-20-14-9-11-17-22(20)27-19-12-18-23(25)26/h8-11,13-14,16-17,21,24H,2-7,12,15,18-19H2,1H3,(H,25,26)/b13-8+,16-10+. The molecule has 150 valence electrons. The third kappa shape index (κ3) is 12.0. The number of carboxylic acids is 1. The molecule has 1 atom stereocenters. The third-order valence-electron chi connectivity index (χ3n) is 4.29. The van der Waals surface area contributed by atoms with Gasteiger partial charge in [-0.25, -0.2) is 0 Å². The number of carboxylic acid groups (broad SMARTS) is 1. The highest BCUT2D eigenvalue weighted by atomic mass is 16.5. The first-order chi connectivity index (χ1) is 13.1. The van der Waals surface area contributed by atoms with Gasteiger partial charge in [0.15, 0.2) is 0 Å². The Hall–Kier alpha value is -2.07. The van der Waals surface area contributed by atoms with Crippen LogP contribution in [0.25, 0.3) is 6.08 Å². The molecule has 27 heavy (non-hydrogen) atoms. The number of rotatable bonds is 15. The number of aliphatic carboxylic acids is 1. The fourth-order valence-electron chi connectivity index (χ4n) is 2.74. The van der Waals surface area contributed by atoms with Crippen molar-refractivity contribution in [3.63, 3.8) is 0 Å². The molecule has 0 heterocycles. The molecule has 0 aliphatic heterocycles. The summed E-state index contributed by atoms with van der Waals surface area (Å²) in [5.74, 6) is -0.0726. The van der Waals surface area contributed by atoms with Gasteiger partial charge < -0.3 is 14.9 Å². The lowest BCUT2D eigenvalue weighted by molar-refractivity contribution is -0.137. The molecule has 1 aromatic carbocycles. The zero-order valence-corrected chi connectivity index (χ0v) is 16.5. The monoisotopic (exact) mass is 374 g/mol. The molecule has 1 aromatic rings. The molecule has 0 spiro atoms. The van der Waals surface area contributed by atoms with Gasteiger partial charge in [-0.2, -0.15) is 0 Å². The Morgan fingerprint density at radius 2 is 1.81 bits per heavy atom. The Balaban J connectivity index is 2.34. The molecule has 2 N–H and O–H groups in total. The minimum Gasteiger partial charge on any atom is -0.493 e. The summed E-state index contributed by atoms with van der Waals surface area (Å²) < 4.78 is 5.67. The molecule has 0 saturated heterocycles. The number of ether oxygens (including phenoxy) is 1. The van der Waals surface area contributed by atoms with Crippen LogP contribution in [0.2, 0.25) is 0 Å². The van der Waals surface area contributed by atoms with Crippen molar-refractivity contribution in [2.45, 2.75) is 70.8 Å². The highest BCUT2D eigenvalue weighted by Crippen LogP contribution is 2.20. The smallest absolute Gasteiger partial charge is 0.303 e. The van der Waals surface area contributed by atoms with E-state index in [0.29, 0.717) is 13.0 Å². The van der Waals surface area contributed by atoms with E-state index in [1.54, 1.807) is 0 Å². The van der Waals surface area contributed by atoms with Crippen LogP contribution in [0.4, 0.5) is 0 Å². The summed E-state index contributed by atoms with van der Waals surface area (Å²) in [6.07, 6.45) is 15.9. The van der Waals surface area contributed by atoms with Crippen molar-refractivity contribution in [1.82, 2.24) is 0 Å². The summed E-state index contributed by atoms with van der Waals surface area (Å²) in [5.41, 5.74) is 0.933. The van der Waals surface area contributed by atoms with Gasteiger partial charge in [0.2, 0.25) is 0 Å². The quantitative estimate of drug-likeness (QED) is 0.309. The van der Waals surface area contributed by atoms with E-state index in [2.05, 4.69) is 6.92 Å². The number of unbranched alkanes of at least 4 members (excludes halogenated alkanes) is 5. The summed E-state index contributed by atoms with van der Waals surface area (Å²) in [7, 11) is 0. The van der Waals surface area contributed by atoms with Gasteiger partial charge in [0, 0.05) is 12.0 Å². The van der Waals surface area contributed by atoms with Gasteiger partial charge in [-0.05, 0) is 18.9 Å². The molecule has 1 unspecified atom stereocenters. The first kappa shape index (κ1) is 23.0. The molecule has 4 nitrogen and oxygen atoms in total. The zero-order valence-electron chi connectivity index (χ0n) is 16.5. The summed E-state index contributed by atoms with van der Waals surface area (Å²) in [6, 6.07) is 7.64. The van der Waals surface area contributed by atoms with Gasteiger partial charge in [0.25, 0.3) is 0 Å². The van der Waals surface area contributed by atoms with Crippen molar-refractivity contribution < 1.29 is 19.7 Å². The van der Waals surface area contributed by atoms with E-state index in [0.717, 1.165) is 24.2 Å². The van der Waals surface area contributed by atoms with Crippen LogP contribution < -0.4 is 4.74 Å². The van der Waals surface area contributed by atoms with Gasteiger partial charge in [-0.15, -0.1) is 0 Å². The van der Waals surface area contributed by atoms with Crippen LogP contribution in [-0.2, 0) is 4.79 Å². The molecule has 0 aliphatic rings. The molecular weight excluding hydrogens is 340 g/mol. The number of aliphatic hydroxyl groups excluding tert-OH is 1. The Bertz CT molecular complexity index is 577. The van der Waals surface area contributed by atoms with Crippen LogP contribution in [0.1, 0.15) is 70.3 Å². The summed E-state index contributed by atoms with van der Waals surface area (Å²) in [4.78, 5) is 10.5. The van der Waals surface area contributed by atoms with Gasteiger partial charge in [0.05, 0.1) is 12.7 Å². The maximum Gasteiger partial charge on any atom is 0.303 e. The van der Waals surface area contributed by atoms with Crippen LogP contribution in [0.5, 0.6) is 5.75 Å². The topological polar surface area (TPSA) is 66.8 Å². The van der Waals surface area contributed by atoms with Crippen molar-refractivity contribution in [2.24, 2.45) is 0 Å². The van der Waals surface area contributed by atoms with Crippen LogP contribution in [0, 0.1) is 0 Å². The predicted octanol–water partition coefficient (Wildman–Crippen LogP) is 5.61. The first-order valence-electron chi connectivity index (χ1n) is 10.1. The Morgan fingerprint density at radius 1 is 1.07 bits per heavy atom. The third-order valence-corrected chi connectivity index (χ3v) is 4.29. The maximum absolute atomic E-state index is 10.5. The molecule has 0 amide bonds. The molecule has 0 radical (unpaired) electrons. The van der Waals surface area contributed by atoms with E-state index in [1.165, 1.54) is 32.1 Å². The average molecular weight is 375 g/mol. The average Bonchev–Trinajstić information content (AvgIpc) is 2.66. The molecule has 0 saturated carbocycles. The van der Waals surface area contributed by atoms with Gasteiger partial charge >= 0.3 is 5.97 Å². The largest absolute Gasteiger partial charge is 0.493 e. The predicted molar refractivity (Wildman–Crippen MR) is 111 cm³/mol. The van der Waals surface area contributed by atoms with Crippen molar-refractivity contribution in [2.75, 3.05) is 6.61 Å². The van der Waals surface area contributed by atoms with Crippen LogP contribution in [0.15, 0.2) is 42.5 Å². The lowest BCUT2D eigenvalue weighted by atomic mass is 10.1. The highest BCUT2D eigenvalue weighted by Gasteiger charge is 2.01. The second kappa shape index (κ2) is 15.0. The Kier molecular flexibility index (Phi) is 12.8. The number of benzene rings is 1. The lowest BCUT2D eigenvalue weighted by Crippen LogP contribution is -2.02. The molecule has 0 bridgehead atoms. The molecule has 0 aliphatic carbocycles. The minimum absolute atomic E-state index is 0.108. The normalized spacial score (nSPS) is 12.7. The van der Waals surface area contributed by atoms with Gasteiger partial charge in [-0.1, -0.05) is 88.0 Å². The van der Waals surface area contributed by atoms with Crippen molar-refractivity contribution in [1.29, 1.82) is 0 Å². The van der Waals surface area contributed by atoms with E-state index in [9.17, 15) is 9.90 Å². The van der Waals surface area contributed by atoms with E-state index in [1.807, 2.05) is 48.6 Å². The number of para-hydroxylation sites is 1. The number of hydrogen-bond acceptors (Lipinski definition) is 3. The van der Waals surface area contributed by atoms with E-state index in [-0.39, 0.29) is 6.42 Å². The number of carbonyl (C=O) groups is 1. The summed E-state index contributed by atoms with van der Waals surface area (Å²) in [6.45, 7) is 2.59. The maximum atomic E-state index is 10.5.